The molecule has 0 aliphatic carbocycles. The molecule has 2 aliphatic heterocycles. The van der Waals surface area contributed by atoms with Crippen LogP contribution in [0.5, 0.6) is 5.75 Å². The molecule has 0 saturated carbocycles. The van der Waals surface area contributed by atoms with Gasteiger partial charge in [0, 0.05) is 57.4 Å². The van der Waals surface area contributed by atoms with Crippen LogP contribution in [0.15, 0.2) is 42.6 Å². The van der Waals surface area contributed by atoms with Crippen LogP contribution in [0.4, 0.5) is 11.5 Å². The Hall–Kier alpha value is -3.09. The highest BCUT2D eigenvalue weighted by Crippen LogP contribution is 2.30. The average molecular weight is 423 g/mol. The van der Waals surface area contributed by atoms with Gasteiger partial charge in [0.1, 0.15) is 11.6 Å². The first-order valence-corrected chi connectivity index (χ1v) is 11.1. The molecule has 1 aromatic carbocycles. The highest BCUT2D eigenvalue weighted by molar-refractivity contribution is 5.96. The van der Waals surface area contributed by atoms with Crippen molar-refractivity contribution in [3.8, 4) is 5.75 Å². The largest absolute Gasteiger partial charge is 0.497 e. The molecule has 4 rings (SSSR count). The maximum Gasteiger partial charge on any atom is 0.227 e. The first-order chi connectivity index (χ1) is 15.2. The Morgan fingerprint density at radius 1 is 0.968 bits per heavy atom. The molecule has 2 amide bonds. The number of aryl methyl sites for hydroxylation is 1. The van der Waals surface area contributed by atoms with Crippen LogP contribution in [-0.4, -0.2) is 61.5 Å². The van der Waals surface area contributed by atoms with E-state index in [0.29, 0.717) is 19.6 Å². The van der Waals surface area contributed by atoms with Crippen LogP contribution in [0.3, 0.4) is 0 Å². The second-order valence-electron chi connectivity index (χ2n) is 8.05. The van der Waals surface area contributed by atoms with Crippen molar-refractivity contribution in [2.75, 3.05) is 49.6 Å². The summed E-state index contributed by atoms with van der Waals surface area (Å²) >= 11 is 0. The number of nitrogens with zero attached hydrogens (tertiary/aromatic N) is 4. The van der Waals surface area contributed by atoms with Crippen molar-refractivity contribution in [3.05, 3.63) is 48.2 Å². The summed E-state index contributed by atoms with van der Waals surface area (Å²) in [5.74, 6) is 1.84. The highest BCUT2D eigenvalue weighted by Gasteiger charge is 2.25. The quantitative estimate of drug-likeness (QED) is 0.741. The number of methoxy groups -OCH3 is 1. The van der Waals surface area contributed by atoms with Crippen molar-refractivity contribution in [1.29, 1.82) is 0 Å². The van der Waals surface area contributed by atoms with Crippen LogP contribution in [0.1, 0.15) is 31.2 Å². The van der Waals surface area contributed by atoms with Gasteiger partial charge in [-0.1, -0.05) is 6.07 Å². The third kappa shape index (κ3) is 4.98. The van der Waals surface area contributed by atoms with Crippen LogP contribution in [0.2, 0.25) is 0 Å². The number of aromatic nitrogens is 1. The predicted molar refractivity (Wildman–Crippen MR) is 121 cm³/mol. The zero-order valence-corrected chi connectivity index (χ0v) is 18.1. The lowest BCUT2D eigenvalue weighted by Crippen LogP contribution is -2.49. The highest BCUT2D eigenvalue weighted by atomic mass is 16.5. The van der Waals surface area contributed by atoms with E-state index in [1.807, 2.05) is 46.2 Å². The fraction of sp³-hybridized carbons (Fsp3) is 0.458. The van der Waals surface area contributed by atoms with Gasteiger partial charge in [0.2, 0.25) is 11.8 Å². The number of hydrogen-bond acceptors (Lipinski definition) is 5. The Kier molecular flexibility index (Phi) is 6.70. The zero-order valence-electron chi connectivity index (χ0n) is 18.1. The average Bonchev–Trinajstić information content (AvgIpc) is 3.05. The van der Waals surface area contributed by atoms with E-state index in [-0.39, 0.29) is 24.7 Å². The molecule has 0 atom stereocenters. The van der Waals surface area contributed by atoms with E-state index in [1.165, 1.54) is 0 Å². The molecule has 2 aromatic rings. The summed E-state index contributed by atoms with van der Waals surface area (Å²) in [5.41, 5.74) is 2.10. The van der Waals surface area contributed by atoms with E-state index in [1.54, 1.807) is 13.3 Å². The SMILES string of the molecule is COc1ccc2c(c1)CCCCN2C(=O)CCC(=O)N1CCN(c2ccccn2)CC1. The number of piperazine rings is 1. The van der Waals surface area contributed by atoms with E-state index in [2.05, 4.69) is 9.88 Å². The van der Waals surface area contributed by atoms with Crippen molar-refractivity contribution >= 4 is 23.3 Å². The summed E-state index contributed by atoms with van der Waals surface area (Å²) < 4.78 is 5.34. The Labute approximate surface area is 183 Å². The minimum Gasteiger partial charge on any atom is -0.497 e. The van der Waals surface area contributed by atoms with E-state index in [4.69, 9.17) is 4.74 Å². The maximum atomic E-state index is 13.0. The van der Waals surface area contributed by atoms with E-state index >= 15 is 0 Å². The maximum absolute atomic E-state index is 13.0. The standard InChI is InChI=1S/C24H30N4O3/c1-31-20-8-9-21-19(18-20)6-3-5-13-28(21)24(30)11-10-23(29)27-16-14-26(15-17-27)22-7-2-4-12-25-22/h2,4,7-9,12,18H,3,5-6,10-11,13-17H2,1H3. The van der Waals surface area contributed by atoms with Crippen molar-refractivity contribution in [3.63, 3.8) is 0 Å². The van der Waals surface area contributed by atoms with Crippen molar-refractivity contribution < 1.29 is 14.3 Å². The molecule has 0 radical (unpaired) electrons. The summed E-state index contributed by atoms with van der Waals surface area (Å²) in [5, 5.41) is 0. The monoisotopic (exact) mass is 422 g/mol. The number of anilines is 2. The van der Waals surface area contributed by atoms with Crippen LogP contribution < -0.4 is 14.5 Å². The first-order valence-electron chi connectivity index (χ1n) is 11.1. The molecule has 31 heavy (non-hydrogen) atoms. The number of benzene rings is 1. The molecule has 0 spiro atoms. The smallest absolute Gasteiger partial charge is 0.227 e. The van der Waals surface area contributed by atoms with Crippen molar-refractivity contribution in [2.24, 2.45) is 0 Å². The van der Waals surface area contributed by atoms with Crippen LogP contribution in [-0.2, 0) is 16.0 Å². The van der Waals surface area contributed by atoms with Gasteiger partial charge in [0.15, 0.2) is 0 Å². The molecule has 164 valence electrons. The molecule has 0 bridgehead atoms. The van der Waals surface area contributed by atoms with Crippen molar-refractivity contribution in [2.45, 2.75) is 32.1 Å². The number of carbonyl (C=O) groups is 2. The normalized spacial score (nSPS) is 16.5. The molecule has 0 unspecified atom stereocenters. The Bertz CT molecular complexity index is 910. The molecule has 2 aliphatic rings. The summed E-state index contributed by atoms with van der Waals surface area (Å²) in [4.78, 5) is 36.0. The summed E-state index contributed by atoms with van der Waals surface area (Å²) in [6, 6.07) is 11.8. The lowest BCUT2D eigenvalue weighted by molar-refractivity contribution is -0.133. The van der Waals surface area contributed by atoms with Gasteiger partial charge in [0.25, 0.3) is 0 Å². The van der Waals surface area contributed by atoms with Gasteiger partial charge in [-0.25, -0.2) is 4.98 Å². The minimum atomic E-state index is 0.0220. The van der Waals surface area contributed by atoms with Gasteiger partial charge in [-0.05, 0) is 55.2 Å². The summed E-state index contributed by atoms with van der Waals surface area (Å²) in [6.45, 7) is 3.55. The number of fused-ring (bicyclic) bond motifs is 1. The van der Waals surface area contributed by atoms with Crippen LogP contribution in [0, 0.1) is 0 Å². The van der Waals surface area contributed by atoms with Gasteiger partial charge >= 0.3 is 0 Å². The van der Waals surface area contributed by atoms with E-state index < -0.39 is 0 Å². The Balaban J connectivity index is 1.31. The lowest BCUT2D eigenvalue weighted by atomic mass is 10.1. The number of amides is 2. The summed E-state index contributed by atoms with van der Waals surface area (Å²) in [6.07, 6.45) is 5.23. The molecule has 0 N–H and O–H groups in total. The fourth-order valence-electron chi connectivity index (χ4n) is 4.35. The van der Waals surface area contributed by atoms with Gasteiger partial charge < -0.3 is 19.4 Å². The van der Waals surface area contributed by atoms with Crippen LogP contribution in [0.25, 0.3) is 0 Å². The number of ether oxygens (including phenoxy) is 1. The number of hydrogen-bond donors (Lipinski definition) is 0. The molecule has 1 aromatic heterocycles. The van der Waals surface area contributed by atoms with Gasteiger partial charge in [-0.15, -0.1) is 0 Å². The van der Waals surface area contributed by atoms with E-state index in [0.717, 1.165) is 55.2 Å². The molecule has 7 nitrogen and oxygen atoms in total. The molecular weight excluding hydrogens is 392 g/mol. The molecule has 1 fully saturated rings. The third-order valence-corrected chi connectivity index (χ3v) is 6.11. The fourth-order valence-corrected chi connectivity index (χ4v) is 4.35. The number of pyridine rings is 1. The number of carbonyl (C=O) groups excluding carboxylic acids is 2. The molecular formula is C24H30N4O3. The predicted octanol–water partition coefficient (Wildman–Crippen LogP) is 2.89. The molecule has 3 heterocycles. The van der Waals surface area contributed by atoms with E-state index in [9.17, 15) is 9.59 Å². The lowest BCUT2D eigenvalue weighted by Gasteiger charge is -2.35. The topological polar surface area (TPSA) is 66.0 Å². The third-order valence-electron chi connectivity index (χ3n) is 6.11. The molecule has 1 saturated heterocycles. The van der Waals surface area contributed by atoms with Gasteiger partial charge in [0.05, 0.1) is 7.11 Å². The van der Waals surface area contributed by atoms with Gasteiger partial charge in [-0.3, -0.25) is 9.59 Å². The van der Waals surface area contributed by atoms with Crippen molar-refractivity contribution in [1.82, 2.24) is 9.88 Å². The van der Waals surface area contributed by atoms with Gasteiger partial charge in [-0.2, -0.15) is 0 Å². The zero-order chi connectivity index (χ0) is 21.6. The molecule has 7 heteroatoms. The second kappa shape index (κ2) is 9.81. The minimum absolute atomic E-state index is 0.0220. The summed E-state index contributed by atoms with van der Waals surface area (Å²) in [7, 11) is 1.66. The second-order valence-corrected chi connectivity index (χ2v) is 8.05. The Morgan fingerprint density at radius 2 is 1.77 bits per heavy atom. The van der Waals surface area contributed by atoms with Crippen LogP contribution >= 0.6 is 0 Å². The number of rotatable bonds is 5. The first kappa shape index (κ1) is 21.2. The Morgan fingerprint density at radius 3 is 2.52 bits per heavy atom.